The minimum Gasteiger partial charge on any atom is -0.466 e. The lowest BCUT2D eigenvalue weighted by atomic mass is 9.97. The van der Waals surface area contributed by atoms with Crippen LogP contribution < -0.4 is 4.90 Å². The number of hydrogen-bond acceptors (Lipinski definition) is 5. The van der Waals surface area contributed by atoms with Gasteiger partial charge in [0, 0.05) is 50.0 Å². The van der Waals surface area contributed by atoms with Gasteiger partial charge >= 0.3 is 5.97 Å². The van der Waals surface area contributed by atoms with Gasteiger partial charge in [0.1, 0.15) is 0 Å². The van der Waals surface area contributed by atoms with Crippen LogP contribution in [0.5, 0.6) is 0 Å². The molecule has 3 rings (SSSR count). The van der Waals surface area contributed by atoms with E-state index in [0.717, 1.165) is 36.9 Å². The number of piperidine rings is 1. The number of amides is 1. The van der Waals surface area contributed by atoms with Crippen LogP contribution in [-0.2, 0) is 14.3 Å². The van der Waals surface area contributed by atoms with Gasteiger partial charge in [0.25, 0.3) is 0 Å². The van der Waals surface area contributed by atoms with Gasteiger partial charge in [-0.1, -0.05) is 17.7 Å². The van der Waals surface area contributed by atoms with Gasteiger partial charge in [-0.15, -0.1) is 0 Å². The van der Waals surface area contributed by atoms with Crippen molar-refractivity contribution in [1.82, 2.24) is 9.80 Å². The van der Waals surface area contributed by atoms with Gasteiger partial charge in [0.15, 0.2) is 0 Å². The highest BCUT2D eigenvalue weighted by atomic mass is 35.5. The molecule has 1 aromatic carbocycles. The molecule has 1 amide bonds. The number of hydrogen-bond donors (Lipinski definition) is 0. The van der Waals surface area contributed by atoms with Crippen molar-refractivity contribution in [1.29, 1.82) is 0 Å². The largest absolute Gasteiger partial charge is 0.466 e. The Kier molecular flexibility index (Phi) is 6.96. The lowest BCUT2D eigenvalue weighted by Crippen LogP contribution is -2.51. The molecule has 6 nitrogen and oxygen atoms in total. The van der Waals surface area contributed by atoms with E-state index in [1.165, 1.54) is 0 Å². The van der Waals surface area contributed by atoms with Crippen molar-refractivity contribution >= 4 is 29.2 Å². The fourth-order valence-electron chi connectivity index (χ4n) is 3.75. The summed E-state index contributed by atoms with van der Waals surface area (Å²) in [6.07, 6.45) is 1.40. The van der Waals surface area contributed by atoms with Crippen LogP contribution in [0.3, 0.4) is 0 Å². The maximum absolute atomic E-state index is 12.6. The van der Waals surface area contributed by atoms with Crippen molar-refractivity contribution < 1.29 is 14.3 Å². The number of nitrogens with zero attached hydrogens (tertiary/aromatic N) is 3. The number of carbonyl (C=O) groups is 2. The fourth-order valence-corrected chi connectivity index (χ4v) is 3.94. The molecule has 0 bridgehead atoms. The number of piperazine rings is 1. The van der Waals surface area contributed by atoms with Crippen LogP contribution in [0.15, 0.2) is 24.3 Å². The molecule has 0 aliphatic carbocycles. The maximum Gasteiger partial charge on any atom is 0.309 e. The molecule has 0 aromatic heterocycles. The van der Waals surface area contributed by atoms with Crippen molar-refractivity contribution in [2.75, 3.05) is 57.3 Å². The molecule has 2 aliphatic rings. The first kappa shape index (κ1) is 20.0. The van der Waals surface area contributed by atoms with Crippen molar-refractivity contribution in [3.05, 3.63) is 29.3 Å². The molecule has 0 radical (unpaired) electrons. The summed E-state index contributed by atoms with van der Waals surface area (Å²) in [5, 5.41) is 0.747. The van der Waals surface area contributed by atoms with E-state index in [4.69, 9.17) is 16.3 Å². The molecule has 2 saturated heterocycles. The molecule has 27 heavy (non-hydrogen) atoms. The quantitative estimate of drug-likeness (QED) is 0.718. The van der Waals surface area contributed by atoms with Crippen molar-refractivity contribution in [3.63, 3.8) is 0 Å². The average Bonchev–Trinajstić information content (AvgIpc) is 2.69. The second-order valence-corrected chi connectivity index (χ2v) is 7.59. The van der Waals surface area contributed by atoms with E-state index in [2.05, 4.69) is 15.9 Å². The molecule has 148 valence electrons. The summed E-state index contributed by atoms with van der Waals surface area (Å²) in [4.78, 5) is 30.8. The van der Waals surface area contributed by atoms with Gasteiger partial charge < -0.3 is 14.5 Å². The molecule has 0 atom stereocenters. The molecule has 0 spiro atoms. The SMILES string of the molecule is CCOC(=O)C1CCN(C(=O)CN2CCN(c3cccc(Cl)c3)CC2)CC1. The number of esters is 1. The van der Waals surface area contributed by atoms with E-state index >= 15 is 0 Å². The first-order chi connectivity index (χ1) is 13.1. The van der Waals surface area contributed by atoms with Crippen LogP contribution in [0.4, 0.5) is 5.69 Å². The Morgan fingerprint density at radius 2 is 1.81 bits per heavy atom. The highest BCUT2D eigenvalue weighted by molar-refractivity contribution is 6.30. The Labute approximate surface area is 166 Å². The molecule has 2 aliphatic heterocycles. The molecule has 0 saturated carbocycles. The van der Waals surface area contributed by atoms with Crippen LogP contribution >= 0.6 is 11.6 Å². The predicted octanol–water partition coefficient (Wildman–Crippen LogP) is 2.26. The van der Waals surface area contributed by atoms with Crippen molar-refractivity contribution in [2.24, 2.45) is 5.92 Å². The minimum absolute atomic E-state index is 0.0600. The Balaban J connectivity index is 1.42. The summed E-state index contributed by atoms with van der Waals surface area (Å²) < 4.78 is 5.09. The third kappa shape index (κ3) is 5.36. The van der Waals surface area contributed by atoms with E-state index in [1.54, 1.807) is 0 Å². The number of rotatable bonds is 5. The van der Waals surface area contributed by atoms with Gasteiger partial charge in [-0.25, -0.2) is 0 Å². The zero-order valence-electron chi connectivity index (χ0n) is 15.9. The lowest BCUT2D eigenvalue weighted by molar-refractivity contribution is -0.151. The second kappa shape index (κ2) is 9.42. The van der Waals surface area contributed by atoms with Crippen LogP contribution in [0.2, 0.25) is 5.02 Å². The second-order valence-electron chi connectivity index (χ2n) is 7.15. The smallest absolute Gasteiger partial charge is 0.309 e. The summed E-state index contributed by atoms with van der Waals surface area (Å²) in [6.45, 7) is 7.47. The normalized spacial score (nSPS) is 19.2. The van der Waals surface area contributed by atoms with E-state index < -0.39 is 0 Å². The molecule has 0 N–H and O–H groups in total. The Hall–Kier alpha value is -1.79. The zero-order chi connectivity index (χ0) is 19.2. The number of benzene rings is 1. The Morgan fingerprint density at radius 1 is 1.11 bits per heavy atom. The molecule has 1 aromatic rings. The monoisotopic (exact) mass is 393 g/mol. The molecule has 0 unspecified atom stereocenters. The van der Waals surface area contributed by atoms with Gasteiger partial charge in [0.2, 0.25) is 5.91 Å². The van der Waals surface area contributed by atoms with E-state index in [9.17, 15) is 9.59 Å². The summed E-state index contributed by atoms with van der Waals surface area (Å²) in [5.74, 6) is -0.0227. The van der Waals surface area contributed by atoms with Gasteiger partial charge in [-0.3, -0.25) is 14.5 Å². The predicted molar refractivity (Wildman–Crippen MR) is 106 cm³/mol. The van der Waals surface area contributed by atoms with Crippen LogP contribution in [0, 0.1) is 5.92 Å². The van der Waals surface area contributed by atoms with Gasteiger partial charge in [-0.05, 0) is 38.0 Å². The summed E-state index contributed by atoms with van der Waals surface area (Å²) in [5.41, 5.74) is 1.13. The Morgan fingerprint density at radius 3 is 2.44 bits per heavy atom. The number of anilines is 1. The molecular formula is C20H28ClN3O3. The topological polar surface area (TPSA) is 53.1 Å². The summed E-state index contributed by atoms with van der Waals surface area (Å²) in [7, 11) is 0. The van der Waals surface area contributed by atoms with E-state index in [1.807, 2.05) is 30.0 Å². The van der Waals surface area contributed by atoms with Crippen LogP contribution in [-0.4, -0.2) is 74.1 Å². The third-order valence-electron chi connectivity index (χ3n) is 5.37. The number of ether oxygens (including phenoxy) is 1. The van der Waals surface area contributed by atoms with E-state index in [0.29, 0.717) is 39.1 Å². The molecule has 2 heterocycles. The molecule has 2 fully saturated rings. The summed E-state index contributed by atoms with van der Waals surface area (Å²) >= 11 is 6.08. The fraction of sp³-hybridized carbons (Fsp3) is 0.600. The third-order valence-corrected chi connectivity index (χ3v) is 5.61. The van der Waals surface area contributed by atoms with Gasteiger partial charge in [0.05, 0.1) is 19.1 Å². The van der Waals surface area contributed by atoms with Gasteiger partial charge in [-0.2, -0.15) is 0 Å². The van der Waals surface area contributed by atoms with Crippen LogP contribution in [0.25, 0.3) is 0 Å². The highest BCUT2D eigenvalue weighted by Gasteiger charge is 2.29. The average molecular weight is 394 g/mol. The Bertz CT molecular complexity index is 654. The van der Waals surface area contributed by atoms with Crippen molar-refractivity contribution in [3.8, 4) is 0 Å². The van der Waals surface area contributed by atoms with E-state index in [-0.39, 0.29) is 17.8 Å². The first-order valence-corrected chi connectivity index (χ1v) is 10.1. The number of halogens is 1. The zero-order valence-corrected chi connectivity index (χ0v) is 16.7. The number of likely N-dealkylation sites (tertiary alicyclic amines) is 1. The standard InChI is InChI=1S/C20H28ClN3O3/c1-2-27-20(26)16-6-8-24(9-7-16)19(25)15-22-10-12-23(13-11-22)18-5-3-4-17(21)14-18/h3-5,14,16H,2,6-13,15H2,1H3. The first-order valence-electron chi connectivity index (χ1n) is 9.74. The number of carbonyl (C=O) groups excluding carboxylic acids is 2. The lowest BCUT2D eigenvalue weighted by Gasteiger charge is -2.37. The maximum atomic E-state index is 12.6. The molecule has 7 heteroatoms. The summed E-state index contributed by atoms with van der Waals surface area (Å²) in [6, 6.07) is 7.90. The molecular weight excluding hydrogens is 366 g/mol. The van der Waals surface area contributed by atoms with Crippen molar-refractivity contribution in [2.45, 2.75) is 19.8 Å². The van der Waals surface area contributed by atoms with Crippen LogP contribution in [0.1, 0.15) is 19.8 Å². The highest BCUT2D eigenvalue weighted by Crippen LogP contribution is 2.21. The minimum atomic E-state index is -0.123.